The van der Waals surface area contributed by atoms with Gasteiger partial charge in [-0.3, -0.25) is 0 Å². The summed E-state index contributed by atoms with van der Waals surface area (Å²) in [4.78, 5) is 0.0631. The van der Waals surface area contributed by atoms with E-state index in [2.05, 4.69) is 15.5 Å². The van der Waals surface area contributed by atoms with Gasteiger partial charge >= 0.3 is 12.2 Å². The van der Waals surface area contributed by atoms with E-state index in [9.17, 15) is 26.7 Å². The van der Waals surface area contributed by atoms with Crippen molar-refractivity contribution < 1.29 is 31.1 Å². The molecule has 0 bridgehead atoms. The number of sulfonamides is 1. The second kappa shape index (κ2) is 9.59. The van der Waals surface area contributed by atoms with E-state index in [0.717, 1.165) is 18.6 Å². The number of alkyl halides is 3. The Balaban J connectivity index is 1.48. The van der Waals surface area contributed by atoms with Gasteiger partial charge in [0, 0.05) is 24.2 Å². The molecule has 2 aromatic carbocycles. The van der Waals surface area contributed by atoms with Crippen LogP contribution >= 0.6 is 0 Å². The zero-order valence-corrected chi connectivity index (χ0v) is 19.8. The monoisotopic (exact) mass is 510 g/mol. The van der Waals surface area contributed by atoms with Gasteiger partial charge in [-0.2, -0.15) is 17.5 Å². The smallest absolute Gasteiger partial charge is 0.403 e. The Kier molecular flexibility index (Phi) is 6.89. The molecular weight excluding hydrogens is 485 g/mol. The Bertz CT molecular complexity index is 1270. The van der Waals surface area contributed by atoms with Gasteiger partial charge in [-0.1, -0.05) is 31.1 Å². The van der Waals surface area contributed by atoms with Crippen molar-refractivity contribution in [1.29, 1.82) is 0 Å². The first-order valence-electron chi connectivity index (χ1n) is 11.0. The zero-order chi connectivity index (χ0) is 25.4. The molecule has 12 heteroatoms. The Hall–Kier alpha value is -2.96. The highest BCUT2D eigenvalue weighted by Crippen LogP contribution is 2.32. The molecule has 3 aromatic rings. The fourth-order valence-electron chi connectivity index (χ4n) is 4.20. The molecule has 1 saturated heterocycles. The van der Waals surface area contributed by atoms with Crippen LogP contribution in [0, 0.1) is 11.8 Å². The fourth-order valence-corrected chi connectivity index (χ4v) is 5.93. The molecule has 35 heavy (non-hydrogen) atoms. The van der Waals surface area contributed by atoms with Gasteiger partial charge in [0.1, 0.15) is 0 Å². The Morgan fingerprint density at radius 3 is 2.37 bits per heavy atom. The number of hydrogen-bond acceptors (Lipinski definition) is 7. The number of nitrogens with zero attached hydrogens (tertiary/aromatic N) is 3. The minimum atomic E-state index is -4.46. The summed E-state index contributed by atoms with van der Waals surface area (Å²) in [6.45, 7) is 4.91. The van der Waals surface area contributed by atoms with Crippen molar-refractivity contribution >= 4 is 16.0 Å². The molecule has 2 heterocycles. The van der Waals surface area contributed by atoms with Crippen LogP contribution in [0.2, 0.25) is 0 Å². The molecule has 1 aliphatic rings. The van der Waals surface area contributed by atoms with Crippen LogP contribution in [0.25, 0.3) is 11.5 Å². The lowest BCUT2D eigenvalue weighted by Gasteiger charge is -2.34. The number of nitrogens with one attached hydrogen (secondary N) is 1. The van der Waals surface area contributed by atoms with Crippen molar-refractivity contribution in [2.24, 2.45) is 11.8 Å². The second-order valence-electron chi connectivity index (χ2n) is 8.87. The largest absolute Gasteiger partial charge is 0.416 e. The second-order valence-corrected chi connectivity index (χ2v) is 10.8. The summed E-state index contributed by atoms with van der Waals surface area (Å²) in [6.07, 6.45) is -4.87. The Labute approximate surface area is 200 Å². The van der Waals surface area contributed by atoms with E-state index in [1.54, 1.807) is 6.07 Å². The summed E-state index contributed by atoms with van der Waals surface area (Å²) < 4.78 is 71.4. The van der Waals surface area contributed by atoms with Crippen LogP contribution in [-0.2, 0) is 16.2 Å². The molecule has 0 radical (unpaired) electrons. The van der Waals surface area contributed by atoms with E-state index < -0.39 is 28.0 Å². The third-order valence-electron chi connectivity index (χ3n) is 5.79. The molecule has 1 fully saturated rings. The van der Waals surface area contributed by atoms with Gasteiger partial charge in [-0.25, -0.2) is 8.42 Å². The van der Waals surface area contributed by atoms with Gasteiger partial charge < -0.3 is 14.8 Å². The molecule has 1 aromatic heterocycles. The summed E-state index contributed by atoms with van der Waals surface area (Å²) in [7, 11) is -3.74. The maximum atomic E-state index is 13.2. The minimum Gasteiger partial charge on any atom is -0.403 e. The lowest BCUT2D eigenvalue weighted by molar-refractivity contribution is -0.137. The topological polar surface area (TPSA) is 109 Å². The first kappa shape index (κ1) is 25.1. The highest BCUT2D eigenvalue weighted by Gasteiger charge is 2.32. The number of hydrogen-bond donors (Lipinski definition) is 2. The molecule has 0 aliphatic carbocycles. The molecular formula is C23H25F3N4O4S. The van der Waals surface area contributed by atoms with Crippen LogP contribution in [-0.4, -0.2) is 41.1 Å². The predicted octanol–water partition coefficient (Wildman–Crippen LogP) is 4.53. The number of benzene rings is 2. The molecule has 1 aliphatic heterocycles. The first-order chi connectivity index (χ1) is 16.4. The summed E-state index contributed by atoms with van der Waals surface area (Å²) in [5.41, 5.74) is -0.276. The van der Waals surface area contributed by atoms with E-state index in [-0.39, 0.29) is 39.8 Å². The molecule has 0 amide bonds. The van der Waals surface area contributed by atoms with E-state index in [0.29, 0.717) is 13.1 Å². The molecule has 188 valence electrons. The molecule has 8 nitrogen and oxygen atoms in total. The number of piperidine rings is 1. The number of anilines is 1. The van der Waals surface area contributed by atoms with Crippen molar-refractivity contribution in [3.63, 3.8) is 0 Å². The lowest BCUT2D eigenvalue weighted by atomic mass is 9.94. The number of halogens is 3. The number of aliphatic hydroxyl groups excluding tert-OH is 1. The first-order valence-corrected chi connectivity index (χ1v) is 12.4. The number of aromatic nitrogens is 2. The van der Waals surface area contributed by atoms with Crippen molar-refractivity contribution in [2.75, 3.05) is 18.4 Å². The van der Waals surface area contributed by atoms with E-state index in [1.165, 1.54) is 34.6 Å². The van der Waals surface area contributed by atoms with Crippen LogP contribution in [0.5, 0.6) is 0 Å². The average Bonchev–Trinajstić information content (AvgIpc) is 3.26. The van der Waals surface area contributed by atoms with Crippen LogP contribution in [0.1, 0.15) is 37.6 Å². The maximum absolute atomic E-state index is 13.2. The van der Waals surface area contributed by atoms with E-state index >= 15 is 0 Å². The van der Waals surface area contributed by atoms with Gasteiger partial charge in [0.05, 0.1) is 10.5 Å². The van der Waals surface area contributed by atoms with Gasteiger partial charge in [-0.05, 0) is 54.7 Å². The van der Waals surface area contributed by atoms with Crippen LogP contribution in [0.15, 0.2) is 57.8 Å². The maximum Gasteiger partial charge on any atom is 0.416 e. The van der Waals surface area contributed by atoms with Crippen LogP contribution in [0.3, 0.4) is 0 Å². The normalized spacial score (nSPS) is 20.5. The number of aliphatic hydroxyl groups is 1. The molecule has 2 N–H and O–H groups in total. The lowest BCUT2D eigenvalue weighted by Crippen LogP contribution is -2.42. The molecule has 1 unspecified atom stereocenters. The quantitative estimate of drug-likeness (QED) is 0.469. The van der Waals surface area contributed by atoms with E-state index in [1.807, 2.05) is 13.8 Å². The van der Waals surface area contributed by atoms with Crippen LogP contribution in [0.4, 0.5) is 19.2 Å². The number of rotatable bonds is 6. The van der Waals surface area contributed by atoms with Crippen molar-refractivity contribution in [3.8, 4) is 11.5 Å². The van der Waals surface area contributed by atoms with Crippen LogP contribution < -0.4 is 5.32 Å². The average molecular weight is 511 g/mol. The zero-order valence-electron chi connectivity index (χ0n) is 19.0. The summed E-state index contributed by atoms with van der Waals surface area (Å²) in [5, 5.41) is 20.7. The summed E-state index contributed by atoms with van der Waals surface area (Å²) in [5.74, 6) is 0.457. The SMILES string of the molecule is C[C@@H]1C[C@H](C)CN(S(=O)(=O)c2cccc(C(O)Nc3nnc(-c4ccc(C(F)(F)F)cc4)o3)c2)C1. The predicted molar refractivity (Wildman–Crippen MR) is 121 cm³/mol. The molecule has 3 atom stereocenters. The Morgan fingerprint density at radius 1 is 1.09 bits per heavy atom. The van der Waals surface area contributed by atoms with Gasteiger partial charge in [0.2, 0.25) is 15.9 Å². The Morgan fingerprint density at radius 2 is 1.74 bits per heavy atom. The van der Waals surface area contributed by atoms with E-state index in [4.69, 9.17) is 4.42 Å². The summed E-state index contributed by atoms with van der Waals surface area (Å²) >= 11 is 0. The minimum absolute atomic E-state index is 0.0434. The highest BCUT2D eigenvalue weighted by molar-refractivity contribution is 7.89. The third-order valence-corrected chi connectivity index (χ3v) is 7.62. The van der Waals surface area contributed by atoms with Gasteiger partial charge in [-0.15, -0.1) is 5.10 Å². The summed E-state index contributed by atoms with van der Waals surface area (Å²) in [6, 6.07) is 9.96. The standard InChI is InChI=1S/C23H25F3N4O4S/c1-14-10-15(2)13-30(12-14)35(32,33)19-5-3-4-17(11-19)20(31)27-22-29-28-21(34-22)16-6-8-18(9-7-16)23(24,25)26/h3-9,11,14-15,20,31H,10,12-13H2,1-2H3,(H,27,29)/t14-,15+,20?. The van der Waals surface area contributed by atoms with Crippen molar-refractivity contribution in [3.05, 3.63) is 59.7 Å². The van der Waals surface area contributed by atoms with Gasteiger partial charge in [0.25, 0.3) is 0 Å². The molecule has 0 spiro atoms. The highest BCUT2D eigenvalue weighted by atomic mass is 32.2. The molecule has 0 saturated carbocycles. The van der Waals surface area contributed by atoms with Gasteiger partial charge in [0.15, 0.2) is 6.23 Å². The fraction of sp³-hybridized carbons (Fsp3) is 0.391. The molecule has 4 rings (SSSR count). The van der Waals surface area contributed by atoms with Crippen molar-refractivity contribution in [2.45, 2.75) is 37.6 Å². The third kappa shape index (κ3) is 5.65. The van der Waals surface area contributed by atoms with Crippen molar-refractivity contribution in [1.82, 2.24) is 14.5 Å².